The summed E-state index contributed by atoms with van der Waals surface area (Å²) in [6.45, 7) is 3.80. The van der Waals surface area contributed by atoms with E-state index in [-0.39, 0.29) is 0 Å². The van der Waals surface area contributed by atoms with Gasteiger partial charge in [-0.15, -0.1) is 0 Å². The van der Waals surface area contributed by atoms with Crippen LogP contribution >= 0.6 is 0 Å². The van der Waals surface area contributed by atoms with Crippen molar-refractivity contribution >= 4 is 23.9 Å². The van der Waals surface area contributed by atoms with Crippen molar-refractivity contribution in [1.29, 1.82) is 0 Å². The number of alkyl halides is 1. The van der Waals surface area contributed by atoms with Crippen molar-refractivity contribution in [2.24, 2.45) is 0 Å². The van der Waals surface area contributed by atoms with Gasteiger partial charge in [0.2, 0.25) is 12.4 Å². The molecule has 1 saturated heterocycles. The van der Waals surface area contributed by atoms with Crippen LogP contribution in [0, 0.1) is 0 Å². The zero-order valence-corrected chi connectivity index (χ0v) is 15.6. The van der Waals surface area contributed by atoms with Gasteiger partial charge in [0.05, 0.1) is 6.61 Å². The van der Waals surface area contributed by atoms with Crippen molar-refractivity contribution in [2.75, 3.05) is 13.7 Å². The van der Waals surface area contributed by atoms with Gasteiger partial charge in [-0.2, -0.15) is 0 Å². The summed E-state index contributed by atoms with van der Waals surface area (Å²) in [5, 5.41) is 0. The Bertz CT molecular complexity index is 565. The summed E-state index contributed by atoms with van der Waals surface area (Å²) in [6, 6.07) is 0. The Hall–Kier alpha value is -2.27. The van der Waals surface area contributed by atoms with Gasteiger partial charge < -0.3 is 28.4 Å². The second kappa shape index (κ2) is 10.2. The molecule has 0 aliphatic carbocycles. The molecule has 0 bridgehead atoms. The number of halogens is 1. The number of esters is 4. The molecule has 1 aliphatic rings. The summed E-state index contributed by atoms with van der Waals surface area (Å²) >= 11 is 0. The lowest BCUT2D eigenvalue weighted by atomic mass is 9.95. The van der Waals surface area contributed by atoms with Crippen molar-refractivity contribution in [3.05, 3.63) is 0 Å². The van der Waals surface area contributed by atoms with Gasteiger partial charge in [0.25, 0.3) is 0 Å². The summed E-state index contributed by atoms with van der Waals surface area (Å²) in [5.74, 6) is -3.27. The maximum absolute atomic E-state index is 14.6. The first-order valence-corrected chi connectivity index (χ1v) is 8.04. The molecular weight excluding hydrogens is 371 g/mol. The van der Waals surface area contributed by atoms with Gasteiger partial charge in [-0.25, -0.2) is 4.39 Å². The zero-order chi connectivity index (χ0) is 20.7. The average Bonchev–Trinajstić information content (AvgIpc) is 2.51. The van der Waals surface area contributed by atoms with Gasteiger partial charge in [0.1, 0.15) is 6.10 Å². The van der Waals surface area contributed by atoms with E-state index in [9.17, 15) is 23.6 Å². The van der Waals surface area contributed by atoms with E-state index in [0.717, 1.165) is 27.7 Å². The van der Waals surface area contributed by atoms with Crippen molar-refractivity contribution in [1.82, 2.24) is 0 Å². The van der Waals surface area contributed by atoms with Gasteiger partial charge >= 0.3 is 23.9 Å². The Labute approximate surface area is 155 Å². The molecule has 10 nitrogen and oxygen atoms in total. The molecule has 0 spiro atoms. The molecule has 1 rings (SSSR count). The highest BCUT2D eigenvalue weighted by Gasteiger charge is 2.55. The Morgan fingerprint density at radius 1 is 0.815 bits per heavy atom. The topological polar surface area (TPSA) is 124 Å². The summed E-state index contributed by atoms with van der Waals surface area (Å²) in [4.78, 5) is 45.9. The first kappa shape index (κ1) is 22.8. The van der Waals surface area contributed by atoms with Crippen LogP contribution in [-0.4, -0.2) is 74.5 Å². The van der Waals surface area contributed by atoms with Crippen LogP contribution < -0.4 is 0 Å². The molecule has 1 aliphatic heterocycles. The van der Waals surface area contributed by atoms with E-state index in [1.807, 2.05) is 0 Å². The van der Waals surface area contributed by atoms with Crippen LogP contribution in [0.15, 0.2) is 0 Å². The lowest BCUT2D eigenvalue weighted by Gasteiger charge is -2.44. The Kier molecular flexibility index (Phi) is 8.57. The van der Waals surface area contributed by atoms with Crippen LogP contribution in [0.1, 0.15) is 27.7 Å². The molecule has 1 unspecified atom stereocenters. The van der Waals surface area contributed by atoms with Crippen molar-refractivity contribution in [3.63, 3.8) is 0 Å². The minimum Gasteiger partial charge on any atom is -0.456 e. The number of hydrogen-bond donors (Lipinski definition) is 0. The van der Waals surface area contributed by atoms with Crippen LogP contribution in [0.4, 0.5) is 4.39 Å². The minimum absolute atomic E-state index is 0.444. The molecule has 0 saturated carbocycles. The average molecular weight is 394 g/mol. The molecule has 1 fully saturated rings. The van der Waals surface area contributed by atoms with Crippen LogP contribution in [0.25, 0.3) is 0 Å². The number of carbonyl (C=O) groups is 4. The van der Waals surface area contributed by atoms with E-state index in [2.05, 4.69) is 0 Å². The van der Waals surface area contributed by atoms with Crippen molar-refractivity contribution in [3.8, 4) is 0 Å². The van der Waals surface area contributed by atoms with E-state index in [4.69, 9.17) is 28.4 Å². The number of ether oxygens (including phenoxy) is 6. The van der Waals surface area contributed by atoms with Crippen molar-refractivity contribution in [2.45, 2.75) is 64.6 Å². The van der Waals surface area contributed by atoms with Gasteiger partial charge in [0, 0.05) is 34.8 Å². The molecule has 0 aromatic rings. The maximum Gasteiger partial charge on any atom is 0.305 e. The number of rotatable bonds is 7. The summed E-state index contributed by atoms with van der Waals surface area (Å²) < 4.78 is 44.9. The Morgan fingerprint density at radius 3 is 1.70 bits per heavy atom. The fourth-order valence-corrected chi connectivity index (χ4v) is 2.61. The van der Waals surface area contributed by atoms with Crippen LogP contribution in [0.5, 0.6) is 0 Å². The Balaban J connectivity index is 3.35. The molecule has 154 valence electrons. The number of methoxy groups -OCH3 is 1. The van der Waals surface area contributed by atoms with Gasteiger partial charge in [-0.1, -0.05) is 0 Å². The molecule has 0 amide bonds. The highest BCUT2D eigenvalue weighted by Crippen LogP contribution is 2.32. The molecule has 0 radical (unpaired) electrons. The largest absolute Gasteiger partial charge is 0.456 e. The van der Waals surface area contributed by atoms with E-state index in [1.165, 1.54) is 7.11 Å². The van der Waals surface area contributed by atoms with Gasteiger partial charge in [0.15, 0.2) is 18.4 Å². The molecule has 0 N–H and O–H groups in total. The van der Waals surface area contributed by atoms with Gasteiger partial charge in [-0.3, -0.25) is 19.2 Å². The minimum atomic E-state index is -1.84. The highest BCUT2D eigenvalue weighted by atomic mass is 19.1. The number of carbonyl (C=O) groups excluding carboxylic acids is 4. The van der Waals surface area contributed by atoms with E-state index in [0.29, 0.717) is 0 Å². The predicted molar refractivity (Wildman–Crippen MR) is 83.9 cm³/mol. The quantitative estimate of drug-likeness (QED) is 0.432. The predicted octanol–water partition coefficient (Wildman–Crippen LogP) is 0.0540. The first-order chi connectivity index (χ1) is 12.6. The first-order valence-electron chi connectivity index (χ1n) is 8.04. The summed E-state index contributed by atoms with van der Waals surface area (Å²) in [7, 11) is 1.24. The lowest BCUT2D eigenvalue weighted by Crippen LogP contribution is -2.64. The number of hydrogen-bond acceptors (Lipinski definition) is 10. The fourth-order valence-electron chi connectivity index (χ4n) is 2.61. The van der Waals surface area contributed by atoms with Crippen molar-refractivity contribution < 1.29 is 52.0 Å². The molecule has 1 heterocycles. The standard InChI is InChI=1S/C16H23FO10/c1-7(18)23-13-12(11(17)6-22-5)27-16(26-10(4)21)15(25-9(3)20)14(13)24-8(2)19/h11-16H,6H2,1-5H3/t11-,12+,13+,14-,15-,16?/m0/s1. The normalized spacial score (nSPS) is 28.6. The molecule has 0 aromatic heterocycles. The smallest absolute Gasteiger partial charge is 0.305 e. The fraction of sp³-hybridized carbons (Fsp3) is 0.750. The second-order valence-corrected chi connectivity index (χ2v) is 5.77. The third kappa shape index (κ3) is 6.75. The zero-order valence-electron chi connectivity index (χ0n) is 15.6. The SMILES string of the molecule is COC[C@H](F)[C@H]1OC(OC(C)=O)[C@@H](OC(C)=O)[C@@H](OC(C)=O)[C@@H]1OC(C)=O. The second-order valence-electron chi connectivity index (χ2n) is 5.77. The molecule has 6 atom stereocenters. The van der Waals surface area contributed by atoms with Crippen LogP contribution in [-0.2, 0) is 47.6 Å². The molecule has 27 heavy (non-hydrogen) atoms. The lowest BCUT2D eigenvalue weighted by molar-refractivity contribution is -0.305. The van der Waals surface area contributed by atoms with Crippen LogP contribution in [0.2, 0.25) is 0 Å². The third-order valence-electron chi connectivity index (χ3n) is 3.40. The maximum atomic E-state index is 14.6. The van der Waals surface area contributed by atoms with E-state index < -0.39 is 67.4 Å². The monoisotopic (exact) mass is 394 g/mol. The Morgan fingerprint density at radius 2 is 1.26 bits per heavy atom. The van der Waals surface area contributed by atoms with Gasteiger partial charge in [-0.05, 0) is 0 Å². The van der Waals surface area contributed by atoms with E-state index >= 15 is 0 Å². The molecule has 0 aromatic carbocycles. The molecule has 11 heteroatoms. The highest BCUT2D eigenvalue weighted by molar-refractivity contribution is 5.69. The molecular formula is C16H23FO10. The van der Waals surface area contributed by atoms with E-state index in [1.54, 1.807) is 0 Å². The summed E-state index contributed by atoms with van der Waals surface area (Å²) in [5.41, 5.74) is 0. The van der Waals surface area contributed by atoms with Crippen LogP contribution in [0.3, 0.4) is 0 Å². The summed E-state index contributed by atoms with van der Waals surface area (Å²) in [6.07, 6.45) is -9.39. The third-order valence-corrected chi connectivity index (χ3v) is 3.40.